The molecule has 1 aromatic carbocycles. The predicted molar refractivity (Wildman–Crippen MR) is 75.9 cm³/mol. The van der Waals surface area contributed by atoms with Gasteiger partial charge in [0.2, 0.25) is 0 Å². The number of likely N-dealkylation sites (N-methyl/N-ethyl adjacent to an activating group) is 1. The van der Waals surface area contributed by atoms with Crippen LogP contribution in [0.2, 0.25) is 0 Å². The second kappa shape index (κ2) is 7.24. The fourth-order valence-corrected chi connectivity index (χ4v) is 1.77. The molecule has 0 spiro atoms. The highest BCUT2D eigenvalue weighted by molar-refractivity contribution is 5.94. The molecule has 0 aliphatic heterocycles. The number of halogens is 1. The van der Waals surface area contributed by atoms with E-state index < -0.39 is 0 Å². The van der Waals surface area contributed by atoms with E-state index >= 15 is 0 Å². The van der Waals surface area contributed by atoms with E-state index in [1.54, 1.807) is 13.0 Å². The van der Waals surface area contributed by atoms with E-state index in [-0.39, 0.29) is 11.7 Å². The van der Waals surface area contributed by atoms with Crippen LogP contribution in [0.15, 0.2) is 18.2 Å². The van der Waals surface area contributed by atoms with Gasteiger partial charge in [0.25, 0.3) is 5.91 Å². The lowest BCUT2D eigenvalue weighted by molar-refractivity contribution is 0.0947. The Labute approximate surface area is 114 Å². The van der Waals surface area contributed by atoms with Crippen molar-refractivity contribution in [2.75, 3.05) is 20.1 Å². The molecule has 1 N–H and O–H groups in total. The molecule has 1 rings (SSSR count). The van der Waals surface area contributed by atoms with Crippen LogP contribution < -0.4 is 5.32 Å². The summed E-state index contributed by atoms with van der Waals surface area (Å²) >= 11 is 0. The molecular weight excluding hydrogens is 243 g/mol. The van der Waals surface area contributed by atoms with Crippen molar-refractivity contribution in [1.29, 1.82) is 0 Å². The Hall–Kier alpha value is -1.42. The van der Waals surface area contributed by atoms with Crippen molar-refractivity contribution in [2.45, 2.75) is 33.2 Å². The summed E-state index contributed by atoms with van der Waals surface area (Å²) in [6.45, 7) is 7.35. The molecule has 0 bridgehead atoms. The van der Waals surface area contributed by atoms with Gasteiger partial charge in [-0.1, -0.05) is 6.92 Å². The predicted octanol–water partition coefficient (Wildman–Crippen LogP) is 2.59. The van der Waals surface area contributed by atoms with Crippen LogP contribution in [0.4, 0.5) is 4.39 Å². The molecule has 1 aromatic rings. The Morgan fingerprint density at radius 3 is 2.74 bits per heavy atom. The molecule has 1 unspecified atom stereocenters. The summed E-state index contributed by atoms with van der Waals surface area (Å²) in [5.41, 5.74) is 0.995. The van der Waals surface area contributed by atoms with Gasteiger partial charge in [-0.15, -0.1) is 0 Å². The molecule has 0 aromatic heterocycles. The molecule has 0 aliphatic carbocycles. The highest BCUT2D eigenvalue weighted by Gasteiger charge is 2.09. The molecule has 0 fully saturated rings. The lowest BCUT2D eigenvalue weighted by atomic mass is 10.1. The van der Waals surface area contributed by atoms with Gasteiger partial charge in [-0.05, 0) is 51.1 Å². The minimum atomic E-state index is -0.284. The molecule has 1 atom stereocenters. The molecule has 0 radical (unpaired) electrons. The zero-order valence-corrected chi connectivity index (χ0v) is 12.2. The van der Waals surface area contributed by atoms with Gasteiger partial charge in [0.1, 0.15) is 5.82 Å². The highest BCUT2D eigenvalue weighted by atomic mass is 19.1. The average molecular weight is 266 g/mol. The molecule has 0 heterocycles. The van der Waals surface area contributed by atoms with Crippen molar-refractivity contribution in [1.82, 2.24) is 10.2 Å². The zero-order chi connectivity index (χ0) is 14.4. The monoisotopic (exact) mass is 266 g/mol. The van der Waals surface area contributed by atoms with Crippen LogP contribution >= 0.6 is 0 Å². The molecule has 19 heavy (non-hydrogen) atoms. The number of benzene rings is 1. The van der Waals surface area contributed by atoms with Gasteiger partial charge in [0.15, 0.2) is 0 Å². The van der Waals surface area contributed by atoms with Crippen LogP contribution in [0, 0.1) is 12.7 Å². The fraction of sp³-hybridized carbons (Fsp3) is 0.533. The minimum absolute atomic E-state index is 0.152. The summed E-state index contributed by atoms with van der Waals surface area (Å²) in [6.07, 6.45) is 1.08. The molecular formula is C15H23FN2O. The second-order valence-electron chi connectivity index (χ2n) is 4.96. The van der Waals surface area contributed by atoms with Gasteiger partial charge in [-0.2, -0.15) is 0 Å². The first-order valence-electron chi connectivity index (χ1n) is 6.70. The van der Waals surface area contributed by atoms with Crippen molar-refractivity contribution in [3.05, 3.63) is 35.1 Å². The summed E-state index contributed by atoms with van der Waals surface area (Å²) in [6, 6.07) is 4.92. The summed E-state index contributed by atoms with van der Waals surface area (Å²) in [7, 11) is 2.04. The third kappa shape index (κ3) is 4.63. The minimum Gasteiger partial charge on any atom is -0.351 e. The van der Waals surface area contributed by atoms with E-state index in [0.717, 1.165) is 13.0 Å². The number of hydrogen-bond donors (Lipinski definition) is 1. The third-order valence-corrected chi connectivity index (χ3v) is 3.51. The van der Waals surface area contributed by atoms with Crippen LogP contribution in [0.5, 0.6) is 0 Å². The van der Waals surface area contributed by atoms with E-state index in [4.69, 9.17) is 0 Å². The lowest BCUT2D eigenvalue weighted by Crippen LogP contribution is -2.37. The van der Waals surface area contributed by atoms with E-state index in [2.05, 4.69) is 24.1 Å². The number of carbonyl (C=O) groups excluding carboxylic acids is 1. The quantitative estimate of drug-likeness (QED) is 0.858. The Kier molecular flexibility index (Phi) is 5.96. The van der Waals surface area contributed by atoms with Gasteiger partial charge < -0.3 is 10.2 Å². The van der Waals surface area contributed by atoms with E-state index in [1.165, 1.54) is 12.1 Å². The summed E-state index contributed by atoms with van der Waals surface area (Å²) in [5.74, 6) is -0.436. The molecule has 106 valence electrons. The fourth-order valence-electron chi connectivity index (χ4n) is 1.77. The first-order valence-corrected chi connectivity index (χ1v) is 6.70. The molecule has 1 amide bonds. The van der Waals surface area contributed by atoms with Gasteiger partial charge in [0.05, 0.1) is 0 Å². The Morgan fingerprint density at radius 1 is 1.47 bits per heavy atom. The maximum atomic E-state index is 13.1. The van der Waals surface area contributed by atoms with Crippen molar-refractivity contribution < 1.29 is 9.18 Å². The SMILES string of the molecule is CCC(C)N(C)CCNC(=O)c1ccc(F)c(C)c1. The number of nitrogens with zero attached hydrogens (tertiary/aromatic N) is 1. The summed E-state index contributed by atoms with van der Waals surface area (Å²) in [5, 5.41) is 2.85. The van der Waals surface area contributed by atoms with Gasteiger partial charge >= 0.3 is 0 Å². The van der Waals surface area contributed by atoms with Crippen LogP contribution in [-0.2, 0) is 0 Å². The molecule has 0 saturated carbocycles. The second-order valence-corrected chi connectivity index (χ2v) is 4.96. The Balaban J connectivity index is 2.45. The van der Waals surface area contributed by atoms with Crippen molar-refractivity contribution in [3.8, 4) is 0 Å². The highest BCUT2D eigenvalue weighted by Crippen LogP contribution is 2.09. The number of hydrogen-bond acceptors (Lipinski definition) is 2. The van der Waals surface area contributed by atoms with E-state index in [1.807, 2.05) is 7.05 Å². The largest absolute Gasteiger partial charge is 0.351 e. The van der Waals surface area contributed by atoms with Crippen molar-refractivity contribution >= 4 is 5.91 Å². The molecule has 0 aliphatic rings. The van der Waals surface area contributed by atoms with Gasteiger partial charge in [0, 0.05) is 24.7 Å². The standard InChI is InChI=1S/C15H23FN2O/c1-5-12(3)18(4)9-8-17-15(19)13-6-7-14(16)11(2)10-13/h6-7,10,12H,5,8-9H2,1-4H3,(H,17,19). The molecule has 4 heteroatoms. The lowest BCUT2D eigenvalue weighted by Gasteiger charge is -2.23. The Morgan fingerprint density at radius 2 is 2.16 bits per heavy atom. The number of aryl methyl sites for hydroxylation is 1. The topological polar surface area (TPSA) is 32.3 Å². The summed E-state index contributed by atoms with van der Waals surface area (Å²) in [4.78, 5) is 14.1. The maximum absolute atomic E-state index is 13.1. The smallest absolute Gasteiger partial charge is 0.251 e. The average Bonchev–Trinajstić information content (AvgIpc) is 2.40. The van der Waals surface area contributed by atoms with Crippen LogP contribution in [0.1, 0.15) is 36.2 Å². The van der Waals surface area contributed by atoms with Crippen molar-refractivity contribution in [3.63, 3.8) is 0 Å². The van der Waals surface area contributed by atoms with Crippen LogP contribution in [-0.4, -0.2) is 37.0 Å². The zero-order valence-electron chi connectivity index (χ0n) is 12.2. The van der Waals surface area contributed by atoms with Crippen LogP contribution in [0.3, 0.4) is 0 Å². The maximum Gasteiger partial charge on any atom is 0.251 e. The first-order chi connectivity index (χ1) is 8.95. The van der Waals surface area contributed by atoms with E-state index in [9.17, 15) is 9.18 Å². The molecule has 0 saturated heterocycles. The van der Waals surface area contributed by atoms with Gasteiger partial charge in [-0.25, -0.2) is 4.39 Å². The third-order valence-electron chi connectivity index (χ3n) is 3.51. The van der Waals surface area contributed by atoms with Gasteiger partial charge in [-0.3, -0.25) is 4.79 Å². The normalized spacial score (nSPS) is 12.5. The van der Waals surface area contributed by atoms with Crippen LogP contribution in [0.25, 0.3) is 0 Å². The number of rotatable bonds is 6. The number of carbonyl (C=O) groups is 1. The van der Waals surface area contributed by atoms with E-state index in [0.29, 0.717) is 23.7 Å². The number of amides is 1. The first kappa shape index (κ1) is 15.6. The summed E-state index contributed by atoms with van der Waals surface area (Å²) < 4.78 is 13.1. The van der Waals surface area contributed by atoms with Crippen molar-refractivity contribution in [2.24, 2.45) is 0 Å². The Bertz CT molecular complexity index is 434. The molecule has 3 nitrogen and oxygen atoms in total. The number of nitrogens with one attached hydrogen (secondary N) is 1.